The van der Waals surface area contributed by atoms with Gasteiger partial charge >= 0.3 is 18.2 Å². The van der Waals surface area contributed by atoms with E-state index in [-0.39, 0.29) is 5.69 Å². The van der Waals surface area contributed by atoms with Gasteiger partial charge in [0.05, 0.1) is 14.2 Å². The molecule has 0 saturated carbocycles. The van der Waals surface area contributed by atoms with Crippen molar-refractivity contribution in [2.24, 2.45) is 0 Å². The lowest BCUT2D eigenvalue weighted by Gasteiger charge is -2.28. The molecule has 6 nitrogen and oxygen atoms in total. The minimum atomic E-state index is -5.27. The summed E-state index contributed by atoms with van der Waals surface area (Å²) in [6.45, 7) is 0. The number of nitrogens with zero attached hydrogens (tertiary/aromatic N) is 1. The number of benzene rings is 1. The molecule has 0 unspecified atom stereocenters. The highest BCUT2D eigenvalue weighted by Crippen LogP contribution is 2.40. The number of hydrogen-bond acceptors (Lipinski definition) is 5. The molecule has 0 aliphatic carbocycles. The third-order valence-electron chi connectivity index (χ3n) is 3.01. The molecule has 0 heterocycles. The zero-order chi connectivity index (χ0) is 17.1. The van der Waals surface area contributed by atoms with Gasteiger partial charge in [0.25, 0.3) is 5.60 Å². The van der Waals surface area contributed by atoms with E-state index in [1.165, 1.54) is 7.05 Å². The zero-order valence-corrected chi connectivity index (χ0v) is 12.0. The number of hydrogen-bond donors (Lipinski definition) is 1. The van der Waals surface area contributed by atoms with Crippen LogP contribution >= 0.6 is 0 Å². The highest BCUT2D eigenvalue weighted by atomic mass is 19.4. The number of halogens is 3. The first kappa shape index (κ1) is 17.8. The standard InChI is InChI=1S/C13H14F3NO5/c1-17(11(19)22-3)9-6-4-8(5-7-9)12(20,10(18)21-2)13(14,15)16/h4-7,20H,1-3H3/t12-/m1/s1. The number of amides is 1. The maximum Gasteiger partial charge on any atom is 0.432 e. The molecule has 22 heavy (non-hydrogen) atoms. The van der Waals surface area contributed by atoms with E-state index in [1.807, 2.05) is 0 Å². The Kier molecular flexibility index (Phi) is 5.02. The fraction of sp³-hybridized carbons (Fsp3) is 0.385. The van der Waals surface area contributed by atoms with Gasteiger partial charge in [-0.3, -0.25) is 4.90 Å². The molecule has 0 aliphatic rings. The van der Waals surface area contributed by atoms with Crippen molar-refractivity contribution in [1.29, 1.82) is 0 Å². The Morgan fingerprint density at radius 2 is 1.59 bits per heavy atom. The van der Waals surface area contributed by atoms with Gasteiger partial charge in [-0.1, -0.05) is 12.1 Å². The van der Waals surface area contributed by atoms with Gasteiger partial charge in [0.1, 0.15) is 0 Å². The summed E-state index contributed by atoms with van der Waals surface area (Å²) in [5, 5.41) is 9.77. The maximum absolute atomic E-state index is 13.0. The van der Waals surface area contributed by atoms with Crippen LogP contribution in [0.4, 0.5) is 23.7 Å². The van der Waals surface area contributed by atoms with Gasteiger partial charge in [-0.25, -0.2) is 9.59 Å². The molecule has 1 N–H and O–H groups in total. The summed E-state index contributed by atoms with van der Waals surface area (Å²) in [4.78, 5) is 23.7. The predicted molar refractivity (Wildman–Crippen MR) is 69.2 cm³/mol. The first-order chi connectivity index (χ1) is 10.1. The predicted octanol–water partition coefficient (Wildman–Crippen LogP) is 1.81. The lowest BCUT2D eigenvalue weighted by atomic mass is 9.93. The minimum Gasteiger partial charge on any atom is -0.466 e. The van der Waals surface area contributed by atoms with Crippen LogP contribution in [0.25, 0.3) is 0 Å². The summed E-state index contributed by atoms with van der Waals surface area (Å²) < 4.78 is 47.6. The summed E-state index contributed by atoms with van der Waals surface area (Å²) in [6.07, 6.45) is -6.00. The second-order valence-electron chi connectivity index (χ2n) is 4.28. The molecule has 0 spiro atoms. The molecule has 122 valence electrons. The first-order valence-electron chi connectivity index (χ1n) is 5.89. The van der Waals surface area contributed by atoms with Gasteiger partial charge in [0.2, 0.25) is 0 Å². The summed E-state index contributed by atoms with van der Waals surface area (Å²) in [6, 6.07) is 4.01. The number of rotatable bonds is 3. The van der Waals surface area contributed by atoms with E-state index in [0.717, 1.165) is 43.4 Å². The van der Waals surface area contributed by atoms with E-state index in [9.17, 15) is 27.9 Å². The lowest BCUT2D eigenvalue weighted by molar-refractivity contribution is -0.266. The lowest BCUT2D eigenvalue weighted by Crippen LogP contribution is -2.49. The van der Waals surface area contributed by atoms with Gasteiger partial charge in [0, 0.05) is 18.3 Å². The number of anilines is 1. The third-order valence-corrected chi connectivity index (χ3v) is 3.01. The normalized spacial score (nSPS) is 14.0. The highest BCUT2D eigenvalue weighted by molar-refractivity contribution is 5.87. The second kappa shape index (κ2) is 6.22. The van der Waals surface area contributed by atoms with E-state index in [1.54, 1.807) is 0 Å². The second-order valence-corrected chi connectivity index (χ2v) is 4.28. The first-order valence-corrected chi connectivity index (χ1v) is 5.89. The molecule has 0 bridgehead atoms. The Bertz CT molecular complexity index is 558. The monoisotopic (exact) mass is 321 g/mol. The van der Waals surface area contributed by atoms with Crippen LogP contribution in [0.15, 0.2) is 24.3 Å². The van der Waals surface area contributed by atoms with Gasteiger partial charge in [0.15, 0.2) is 0 Å². The smallest absolute Gasteiger partial charge is 0.432 e. The van der Waals surface area contributed by atoms with Gasteiger partial charge < -0.3 is 14.6 Å². The molecule has 1 atom stereocenters. The highest BCUT2D eigenvalue weighted by Gasteiger charge is 2.62. The van der Waals surface area contributed by atoms with E-state index in [0.29, 0.717) is 0 Å². The van der Waals surface area contributed by atoms with Crippen LogP contribution in [0.1, 0.15) is 5.56 Å². The third kappa shape index (κ3) is 2.98. The maximum atomic E-state index is 13.0. The average Bonchev–Trinajstić information content (AvgIpc) is 2.50. The zero-order valence-electron chi connectivity index (χ0n) is 12.0. The molecule has 1 rings (SSSR count). The SMILES string of the molecule is COC(=O)N(C)c1ccc([C@@](O)(C(=O)OC)C(F)(F)F)cc1. The molecule has 0 aromatic heterocycles. The van der Waals surface area contributed by atoms with E-state index < -0.39 is 29.4 Å². The summed E-state index contributed by atoms with van der Waals surface area (Å²) >= 11 is 0. The number of aliphatic hydroxyl groups is 1. The van der Waals surface area contributed by atoms with Crippen LogP contribution in [-0.2, 0) is 19.9 Å². The topological polar surface area (TPSA) is 76.1 Å². The summed E-state index contributed by atoms with van der Waals surface area (Å²) in [7, 11) is 3.22. The van der Waals surface area contributed by atoms with E-state index in [4.69, 9.17) is 0 Å². The van der Waals surface area contributed by atoms with Crippen LogP contribution in [0.3, 0.4) is 0 Å². The molecule has 9 heteroatoms. The molecule has 1 amide bonds. The van der Waals surface area contributed by atoms with Crippen LogP contribution < -0.4 is 4.90 Å². The number of alkyl halides is 3. The number of carbonyl (C=O) groups is 2. The largest absolute Gasteiger partial charge is 0.466 e. The number of ether oxygens (including phenoxy) is 2. The van der Waals surface area contributed by atoms with Crippen molar-refractivity contribution < 1.29 is 37.3 Å². The minimum absolute atomic E-state index is 0.213. The van der Waals surface area contributed by atoms with Crippen molar-refractivity contribution in [3.8, 4) is 0 Å². The Morgan fingerprint density at radius 3 is 1.95 bits per heavy atom. The number of esters is 1. The molecular weight excluding hydrogens is 307 g/mol. The molecule has 0 fully saturated rings. The Morgan fingerprint density at radius 1 is 1.09 bits per heavy atom. The van der Waals surface area contributed by atoms with Crippen molar-refractivity contribution in [3.63, 3.8) is 0 Å². The fourth-order valence-corrected chi connectivity index (χ4v) is 1.71. The van der Waals surface area contributed by atoms with Gasteiger partial charge in [-0.05, 0) is 12.1 Å². The summed E-state index contributed by atoms with van der Waals surface area (Å²) in [5.41, 5.74) is -4.30. The Labute approximate surface area is 124 Å². The molecule has 0 aliphatic heterocycles. The molecular formula is C13H14F3NO5. The van der Waals surface area contributed by atoms with E-state index in [2.05, 4.69) is 9.47 Å². The Balaban J connectivity index is 3.26. The van der Waals surface area contributed by atoms with Crippen molar-refractivity contribution >= 4 is 17.7 Å². The quantitative estimate of drug-likeness (QED) is 0.859. The molecule has 0 radical (unpaired) electrons. The van der Waals surface area contributed by atoms with Crippen molar-refractivity contribution in [1.82, 2.24) is 0 Å². The molecule has 1 aromatic carbocycles. The van der Waals surface area contributed by atoms with Crippen molar-refractivity contribution in [2.45, 2.75) is 11.8 Å². The van der Waals surface area contributed by atoms with Crippen LogP contribution in [0.5, 0.6) is 0 Å². The van der Waals surface area contributed by atoms with E-state index >= 15 is 0 Å². The van der Waals surface area contributed by atoms with Crippen molar-refractivity contribution in [3.05, 3.63) is 29.8 Å². The van der Waals surface area contributed by atoms with Gasteiger partial charge in [-0.15, -0.1) is 0 Å². The van der Waals surface area contributed by atoms with Crippen LogP contribution in [-0.4, -0.2) is 44.6 Å². The van der Waals surface area contributed by atoms with Crippen LogP contribution in [0.2, 0.25) is 0 Å². The Hall–Kier alpha value is -2.29. The molecule has 0 saturated heterocycles. The van der Waals surface area contributed by atoms with Crippen LogP contribution in [0, 0.1) is 0 Å². The number of methoxy groups -OCH3 is 2. The summed E-state index contributed by atoms with van der Waals surface area (Å²) in [5.74, 6) is -1.85. The van der Waals surface area contributed by atoms with Crippen molar-refractivity contribution in [2.75, 3.05) is 26.2 Å². The average molecular weight is 321 g/mol. The number of carbonyl (C=O) groups excluding carboxylic acids is 2. The fourth-order valence-electron chi connectivity index (χ4n) is 1.71. The molecule has 1 aromatic rings. The van der Waals surface area contributed by atoms with Gasteiger partial charge in [-0.2, -0.15) is 13.2 Å².